The number of benzene rings is 2. The minimum Gasteiger partial charge on any atom is -0.370 e. The lowest BCUT2D eigenvalue weighted by atomic mass is 9.82. The average molecular weight is 361 g/mol. The van der Waals surface area contributed by atoms with Crippen molar-refractivity contribution in [3.05, 3.63) is 57.1 Å². The van der Waals surface area contributed by atoms with E-state index < -0.39 is 4.92 Å². The number of nitro groups is 1. The topological polar surface area (TPSA) is 87.2 Å². The fourth-order valence-corrected chi connectivity index (χ4v) is 4.14. The molecule has 1 aliphatic carbocycles. The lowest BCUT2D eigenvalue weighted by molar-refractivity contribution is -0.384. The fraction of sp³-hybridized carbons (Fsp3) is 0.333. The third-order valence-corrected chi connectivity index (χ3v) is 5.50. The molecule has 2 aliphatic rings. The standard InChI is InChI=1S/C21H19N3O3/c22-13-20-17-8-7-16(25)11-19(17)18(12-21(20)23-9-1-2-10-23)14-3-5-15(6-4-14)24(26)27/h3-6,12H,1-2,7-11H2. The van der Waals surface area contributed by atoms with Crippen LogP contribution in [0.15, 0.2) is 30.3 Å². The van der Waals surface area contributed by atoms with Crippen LogP contribution in [0.3, 0.4) is 0 Å². The second kappa shape index (κ2) is 6.84. The molecule has 2 aromatic carbocycles. The Morgan fingerprint density at radius 3 is 2.41 bits per heavy atom. The van der Waals surface area contributed by atoms with Gasteiger partial charge in [-0.15, -0.1) is 0 Å². The van der Waals surface area contributed by atoms with Crippen LogP contribution in [0.5, 0.6) is 0 Å². The molecule has 0 radical (unpaired) electrons. The Bertz CT molecular complexity index is 968. The van der Waals surface area contributed by atoms with Crippen molar-refractivity contribution in [1.82, 2.24) is 0 Å². The van der Waals surface area contributed by atoms with E-state index in [1.165, 1.54) is 12.1 Å². The molecule has 0 bridgehead atoms. The molecular weight excluding hydrogens is 342 g/mol. The minimum absolute atomic E-state index is 0.0390. The van der Waals surface area contributed by atoms with E-state index in [2.05, 4.69) is 11.0 Å². The molecule has 0 spiro atoms. The third kappa shape index (κ3) is 3.06. The molecule has 1 aliphatic heterocycles. The number of hydrogen-bond donors (Lipinski definition) is 0. The number of non-ortho nitro benzene ring substituents is 1. The van der Waals surface area contributed by atoms with Gasteiger partial charge in [-0.2, -0.15) is 5.26 Å². The van der Waals surface area contributed by atoms with Gasteiger partial charge in [0.05, 0.1) is 16.2 Å². The van der Waals surface area contributed by atoms with Crippen LogP contribution in [0.4, 0.5) is 11.4 Å². The highest BCUT2D eigenvalue weighted by Gasteiger charge is 2.27. The molecule has 0 unspecified atom stereocenters. The van der Waals surface area contributed by atoms with Crippen molar-refractivity contribution in [2.24, 2.45) is 0 Å². The number of ketones is 1. The van der Waals surface area contributed by atoms with Gasteiger partial charge in [-0.05, 0) is 59.7 Å². The summed E-state index contributed by atoms with van der Waals surface area (Å²) in [4.78, 5) is 24.9. The quantitative estimate of drug-likeness (QED) is 0.613. The van der Waals surface area contributed by atoms with Crippen LogP contribution < -0.4 is 4.90 Å². The highest BCUT2D eigenvalue weighted by molar-refractivity contribution is 5.89. The van der Waals surface area contributed by atoms with E-state index >= 15 is 0 Å². The fourth-order valence-electron chi connectivity index (χ4n) is 4.14. The summed E-state index contributed by atoms with van der Waals surface area (Å²) in [5.41, 5.74) is 5.28. The molecule has 0 saturated carbocycles. The zero-order valence-corrected chi connectivity index (χ0v) is 14.9. The van der Waals surface area contributed by atoms with Gasteiger partial charge in [0.15, 0.2) is 0 Å². The van der Waals surface area contributed by atoms with Crippen molar-refractivity contribution in [1.29, 1.82) is 5.26 Å². The zero-order valence-electron chi connectivity index (χ0n) is 14.9. The average Bonchev–Trinajstić information content (AvgIpc) is 3.21. The largest absolute Gasteiger partial charge is 0.370 e. The van der Waals surface area contributed by atoms with Gasteiger partial charge in [-0.1, -0.05) is 0 Å². The number of carbonyl (C=O) groups is 1. The molecule has 0 amide bonds. The van der Waals surface area contributed by atoms with Gasteiger partial charge in [-0.25, -0.2) is 0 Å². The number of nitro benzene ring substituents is 1. The SMILES string of the molecule is N#Cc1c(N2CCCC2)cc(-c2ccc([N+](=O)[O-])cc2)c2c1CCC(=O)C2. The number of Topliss-reactive ketones (excluding diaryl/α,β-unsaturated/α-hetero) is 1. The van der Waals surface area contributed by atoms with Crippen molar-refractivity contribution < 1.29 is 9.72 Å². The van der Waals surface area contributed by atoms with E-state index in [1.54, 1.807) is 12.1 Å². The van der Waals surface area contributed by atoms with E-state index in [4.69, 9.17) is 0 Å². The Hall–Kier alpha value is -3.20. The number of anilines is 1. The minimum atomic E-state index is -0.419. The predicted molar refractivity (Wildman–Crippen MR) is 102 cm³/mol. The Kier molecular flexibility index (Phi) is 4.36. The normalized spacial score (nSPS) is 16.1. The Morgan fingerprint density at radius 1 is 1.07 bits per heavy atom. The van der Waals surface area contributed by atoms with Crippen LogP contribution in [-0.4, -0.2) is 23.8 Å². The first-order chi connectivity index (χ1) is 13.1. The molecule has 1 saturated heterocycles. The first-order valence-electron chi connectivity index (χ1n) is 9.19. The Labute approximate surface area is 157 Å². The monoisotopic (exact) mass is 361 g/mol. The molecule has 2 aromatic rings. The number of nitrogens with zero attached hydrogens (tertiary/aromatic N) is 3. The van der Waals surface area contributed by atoms with Crippen molar-refractivity contribution >= 4 is 17.2 Å². The van der Waals surface area contributed by atoms with Crippen LogP contribution in [0.2, 0.25) is 0 Å². The van der Waals surface area contributed by atoms with E-state index in [-0.39, 0.29) is 11.5 Å². The molecule has 0 atom stereocenters. The molecule has 27 heavy (non-hydrogen) atoms. The lowest BCUT2D eigenvalue weighted by Gasteiger charge is -2.27. The number of rotatable bonds is 3. The van der Waals surface area contributed by atoms with E-state index in [0.717, 1.165) is 53.9 Å². The highest BCUT2D eigenvalue weighted by Crippen LogP contribution is 2.39. The van der Waals surface area contributed by atoms with Crippen molar-refractivity contribution in [2.45, 2.75) is 32.1 Å². The Balaban J connectivity index is 1.91. The molecule has 6 nitrogen and oxygen atoms in total. The summed E-state index contributed by atoms with van der Waals surface area (Å²) < 4.78 is 0. The molecule has 136 valence electrons. The van der Waals surface area contributed by atoms with Gasteiger partial charge in [0.1, 0.15) is 11.9 Å². The smallest absolute Gasteiger partial charge is 0.269 e. The van der Waals surface area contributed by atoms with E-state index in [1.807, 2.05) is 6.07 Å². The van der Waals surface area contributed by atoms with Crippen LogP contribution >= 0.6 is 0 Å². The lowest BCUT2D eigenvalue weighted by Crippen LogP contribution is -2.22. The Morgan fingerprint density at radius 2 is 1.78 bits per heavy atom. The first kappa shape index (κ1) is 17.2. The summed E-state index contributed by atoms with van der Waals surface area (Å²) in [5.74, 6) is 0.170. The molecular formula is C21H19N3O3. The van der Waals surface area contributed by atoms with Crippen LogP contribution in [0, 0.1) is 21.4 Å². The van der Waals surface area contributed by atoms with Crippen LogP contribution in [-0.2, 0) is 17.6 Å². The van der Waals surface area contributed by atoms with Gasteiger partial charge in [0.25, 0.3) is 5.69 Å². The van der Waals surface area contributed by atoms with Gasteiger partial charge in [0, 0.05) is 38.1 Å². The van der Waals surface area contributed by atoms with Crippen molar-refractivity contribution in [3.63, 3.8) is 0 Å². The third-order valence-electron chi connectivity index (χ3n) is 5.50. The molecule has 1 heterocycles. The number of hydrogen-bond acceptors (Lipinski definition) is 5. The van der Waals surface area contributed by atoms with Crippen LogP contribution in [0.25, 0.3) is 11.1 Å². The molecule has 4 rings (SSSR count). The summed E-state index contributed by atoms with van der Waals surface area (Å²) in [6.45, 7) is 1.85. The van der Waals surface area contributed by atoms with Crippen molar-refractivity contribution in [3.8, 4) is 17.2 Å². The molecule has 0 aromatic heterocycles. The zero-order chi connectivity index (χ0) is 19.0. The van der Waals surface area contributed by atoms with E-state index in [0.29, 0.717) is 24.8 Å². The number of fused-ring (bicyclic) bond motifs is 1. The second-order valence-corrected chi connectivity index (χ2v) is 7.10. The summed E-state index contributed by atoms with van der Waals surface area (Å²) in [6.07, 6.45) is 3.57. The first-order valence-corrected chi connectivity index (χ1v) is 9.19. The van der Waals surface area contributed by atoms with Crippen LogP contribution in [0.1, 0.15) is 36.0 Å². The van der Waals surface area contributed by atoms with Gasteiger partial charge in [-0.3, -0.25) is 14.9 Å². The maximum absolute atomic E-state index is 12.1. The van der Waals surface area contributed by atoms with Crippen molar-refractivity contribution in [2.75, 3.05) is 18.0 Å². The summed E-state index contributed by atoms with van der Waals surface area (Å²) in [6, 6.07) is 10.8. The second-order valence-electron chi connectivity index (χ2n) is 7.10. The van der Waals surface area contributed by atoms with Gasteiger partial charge in [0.2, 0.25) is 0 Å². The molecule has 6 heteroatoms. The summed E-state index contributed by atoms with van der Waals surface area (Å²) in [5, 5.41) is 20.8. The predicted octanol–water partition coefficient (Wildman–Crippen LogP) is 3.79. The summed E-state index contributed by atoms with van der Waals surface area (Å²) >= 11 is 0. The summed E-state index contributed by atoms with van der Waals surface area (Å²) in [7, 11) is 0. The van der Waals surface area contributed by atoms with Gasteiger partial charge < -0.3 is 4.90 Å². The van der Waals surface area contributed by atoms with E-state index in [9.17, 15) is 20.2 Å². The number of carbonyl (C=O) groups excluding carboxylic acids is 1. The maximum atomic E-state index is 12.1. The molecule has 0 N–H and O–H groups in total. The molecule has 1 fully saturated rings. The maximum Gasteiger partial charge on any atom is 0.269 e. The van der Waals surface area contributed by atoms with Gasteiger partial charge >= 0.3 is 0 Å². The number of nitriles is 1. The highest BCUT2D eigenvalue weighted by atomic mass is 16.6.